The zero-order valence-corrected chi connectivity index (χ0v) is 9.63. The van der Waals surface area contributed by atoms with Crippen molar-refractivity contribution in [2.24, 2.45) is 0 Å². The van der Waals surface area contributed by atoms with Crippen LogP contribution >= 0.6 is 0 Å². The molecule has 84 valence electrons. The van der Waals surface area contributed by atoms with Gasteiger partial charge in [0.05, 0.1) is 11.5 Å². The minimum Gasteiger partial charge on any atom is -0.395 e. The van der Waals surface area contributed by atoms with Crippen molar-refractivity contribution in [3.05, 3.63) is 29.3 Å². The molecule has 0 spiro atoms. The van der Waals surface area contributed by atoms with Crippen molar-refractivity contribution >= 4 is 10.0 Å². The van der Waals surface area contributed by atoms with Gasteiger partial charge in [-0.25, -0.2) is 13.1 Å². The summed E-state index contributed by atoms with van der Waals surface area (Å²) in [5, 5.41) is 8.59. The molecule has 0 unspecified atom stereocenters. The van der Waals surface area contributed by atoms with Crippen LogP contribution in [0.1, 0.15) is 11.1 Å². The summed E-state index contributed by atoms with van der Waals surface area (Å²) >= 11 is 0. The van der Waals surface area contributed by atoms with Crippen LogP contribution in [-0.2, 0) is 10.0 Å². The molecule has 4 nitrogen and oxygen atoms in total. The normalized spacial score (nSPS) is 11.7. The van der Waals surface area contributed by atoms with E-state index in [1.807, 2.05) is 6.07 Å². The van der Waals surface area contributed by atoms with Crippen molar-refractivity contribution in [1.82, 2.24) is 4.72 Å². The molecule has 1 aromatic rings. The first-order valence-electron chi connectivity index (χ1n) is 4.66. The average molecular weight is 229 g/mol. The number of rotatable bonds is 4. The highest BCUT2D eigenvalue weighted by Crippen LogP contribution is 2.18. The Bertz CT molecular complexity index is 420. The van der Waals surface area contributed by atoms with Crippen LogP contribution in [0.4, 0.5) is 0 Å². The van der Waals surface area contributed by atoms with Crippen LogP contribution < -0.4 is 4.72 Å². The number of aliphatic hydroxyl groups excluding tert-OH is 1. The number of aliphatic hydroxyl groups is 1. The van der Waals surface area contributed by atoms with E-state index in [0.717, 1.165) is 0 Å². The summed E-state index contributed by atoms with van der Waals surface area (Å²) in [6, 6.07) is 5.32. The Morgan fingerprint density at radius 2 is 1.80 bits per heavy atom. The molecule has 0 saturated heterocycles. The van der Waals surface area contributed by atoms with E-state index in [2.05, 4.69) is 4.72 Å². The molecule has 0 heterocycles. The fraction of sp³-hybridized carbons (Fsp3) is 0.400. The molecule has 0 saturated carbocycles. The summed E-state index contributed by atoms with van der Waals surface area (Å²) in [6.07, 6.45) is 0. The third-order valence-corrected chi connectivity index (χ3v) is 3.85. The van der Waals surface area contributed by atoms with Gasteiger partial charge in [0.2, 0.25) is 10.0 Å². The molecule has 0 aromatic heterocycles. The maximum atomic E-state index is 11.8. The second kappa shape index (κ2) is 4.74. The molecular formula is C10H15NO3S. The summed E-state index contributed by atoms with van der Waals surface area (Å²) in [7, 11) is -3.49. The second-order valence-corrected chi connectivity index (χ2v) is 5.05. The van der Waals surface area contributed by atoms with Gasteiger partial charge in [0.15, 0.2) is 0 Å². The molecule has 1 aromatic carbocycles. The van der Waals surface area contributed by atoms with E-state index < -0.39 is 10.0 Å². The van der Waals surface area contributed by atoms with E-state index in [0.29, 0.717) is 16.0 Å². The van der Waals surface area contributed by atoms with Gasteiger partial charge in [-0.1, -0.05) is 18.2 Å². The number of sulfonamides is 1. The molecule has 0 aliphatic carbocycles. The summed E-state index contributed by atoms with van der Waals surface area (Å²) < 4.78 is 25.9. The molecule has 0 fully saturated rings. The van der Waals surface area contributed by atoms with Crippen molar-refractivity contribution in [2.75, 3.05) is 13.2 Å². The number of hydrogen-bond donors (Lipinski definition) is 2. The minimum absolute atomic E-state index is 0.0378. The van der Waals surface area contributed by atoms with Crippen molar-refractivity contribution < 1.29 is 13.5 Å². The zero-order valence-electron chi connectivity index (χ0n) is 8.82. The number of benzene rings is 1. The van der Waals surface area contributed by atoms with Gasteiger partial charge in [0, 0.05) is 6.54 Å². The molecule has 0 radical (unpaired) electrons. The van der Waals surface area contributed by atoms with Crippen LogP contribution in [0.5, 0.6) is 0 Å². The lowest BCUT2D eigenvalue weighted by Crippen LogP contribution is -2.27. The van der Waals surface area contributed by atoms with E-state index >= 15 is 0 Å². The monoisotopic (exact) mass is 229 g/mol. The second-order valence-electron chi connectivity index (χ2n) is 3.34. The van der Waals surface area contributed by atoms with Gasteiger partial charge < -0.3 is 5.11 Å². The van der Waals surface area contributed by atoms with Crippen molar-refractivity contribution in [3.8, 4) is 0 Å². The Morgan fingerprint density at radius 1 is 1.27 bits per heavy atom. The van der Waals surface area contributed by atoms with Gasteiger partial charge in [-0.3, -0.25) is 0 Å². The van der Waals surface area contributed by atoms with Gasteiger partial charge in [-0.15, -0.1) is 0 Å². The first-order chi connectivity index (χ1) is 6.99. The smallest absolute Gasteiger partial charge is 0.241 e. The third-order valence-electron chi connectivity index (χ3n) is 2.08. The van der Waals surface area contributed by atoms with Crippen molar-refractivity contribution in [3.63, 3.8) is 0 Å². The van der Waals surface area contributed by atoms with Crippen LogP contribution in [0.15, 0.2) is 23.1 Å². The van der Waals surface area contributed by atoms with Crippen LogP contribution in [-0.4, -0.2) is 26.7 Å². The Kier molecular flexibility index (Phi) is 3.84. The minimum atomic E-state index is -3.49. The molecule has 0 amide bonds. The Balaban J connectivity index is 3.15. The summed E-state index contributed by atoms with van der Waals surface area (Å²) in [4.78, 5) is 0.304. The summed E-state index contributed by atoms with van der Waals surface area (Å²) in [6.45, 7) is 3.33. The molecule has 2 N–H and O–H groups in total. The molecular weight excluding hydrogens is 214 g/mol. The number of hydrogen-bond acceptors (Lipinski definition) is 3. The van der Waals surface area contributed by atoms with Gasteiger partial charge >= 0.3 is 0 Å². The SMILES string of the molecule is Cc1cccc(C)c1S(=O)(=O)NCCO. The van der Waals surface area contributed by atoms with E-state index in [1.54, 1.807) is 26.0 Å². The van der Waals surface area contributed by atoms with Crippen LogP contribution in [0.25, 0.3) is 0 Å². The molecule has 15 heavy (non-hydrogen) atoms. The Hall–Kier alpha value is -0.910. The number of nitrogens with one attached hydrogen (secondary N) is 1. The molecule has 0 aliphatic rings. The molecule has 0 atom stereocenters. The zero-order chi connectivity index (χ0) is 11.5. The highest BCUT2D eigenvalue weighted by atomic mass is 32.2. The largest absolute Gasteiger partial charge is 0.395 e. The van der Waals surface area contributed by atoms with E-state index in [4.69, 9.17) is 5.11 Å². The molecule has 1 rings (SSSR count). The first-order valence-corrected chi connectivity index (χ1v) is 6.14. The maximum absolute atomic E-state index is 11.8. The highest BCUT2D eigenvalue weighted by Gasteiger charge is 2.17. The van der Waals surface area contributed by atoms with E-state index in [1.165, 1.54) is 0 Å². The lowest BCUT2D eigenvalue weighted by molar-refractivity contribution is 0.301. The van der Waals surface area contributed by atoms with Gasteiger partial charge in [0.25, 0.3) is 0 Å². The fourth-order valence-electron chi connectivity index (χ4n) is 1.48. The van der Waals surface area contributed by atoms with E-state index in [-0.39, 0.29) is 13.2 Å². The van der Waals surface area contributed by atoms with Gasteiger partial charge in [-0.05, 0) is 25.0 Å². The molecule has 0 bridgehead atoms. The van der Waals surface area contributed by atoms with E-state index in [9.17, 15) is 8.42 Å². The predicted molar refractivity (Wildman–Crippen MR) is 58.2 cm³/mol. The first kappa shape index (κ1) is 12.2. The lowest BCUT2D eigenvalue weighted by Gasteiger charge is -2.10. The van der Waals surface area contributed by atoms with Crippen LogP contribution in [0, 0.1) is 13.8 Å². The Morgan fingerprint density at radius 3 is 2.27 bits per heavy atom. The summed E-state index contributed by atoms with van der Waals surface area (Å²) in [5.41, 5.74) is 1.42. The van der Waals surface area contributed by atoms with Crippen LogP contribution in [0.3, 0.4) is 0 Å². The molecule has 5 heteroatoms. The fourth-order valence-corrected chi connectivity index (χ4v) is 2.96. The van der Waals surface area contributed by atoms with Crippen LogP contribution in [0.2, 0.25) is 0 Å². The van der Waals surface area contributed by atoms with Crippen molar-refractivity contribution in [1.29, 1.82) is 0 Å². The molecule has 0 aliphatic heterocycles. The lowest BCUT2D eigenvalue weighted by atomic mass is 10.2. The quantitative estimate of drug-likeness (QED) is 0.793. The topological polar surface area (TPSA) is 66.4 Å². The van der Waals surface area contributed by atoms with Gasteiger partial charge in [0.1, 0.15) is 0 Å². The van der Waals surface area contributed by atoms with Crippen molar-refractivity contribution in [2.45, 2.75) is 18.7 Å². The van der Waals surface area contributed by atoms with Gasteiger partial charge in [-0.2, -0.15) is 0 Å². The standard InChI is InChI=1S/C10H15NO3S/c1-8-4-3-5-9(2)10(8)15(13,14)11-6-7-12/h3-5,11-12H,6-7H2,1-2H3. The number of aryl methyl sites for hydroxylation is 2. The average Bonchev–Trinajstić information content (AvgIpc) is 2.14. The summed E-state index contributed by atoms with van der Waals surface area (Å²) in [5.74, 6) is 0. The Labute approximate surface area is 90.0 Å². The predicted octanol–water partition coefficient (Wildman–Crippen LogP) is 0.574. The highest BCUT2D eigenvalue weighted by molar-refractivity contribution is 7.89. The maximum Gasteiger partial charge on any atom is 0.241 e. The third kappa shape index (κ3) is 2.77.